The molecule has 5 heteroatoms. The number of nitrogens with two attached hydrogens (primary N) is 1. The highest BCUT2D eigenvalue weighted by molar-refractivity contribution is 5.34. The van der Waals surface area contributed by atoms with Crippen LogP contribution in [-0.2, 0) is 11.3 Å². The predicted octanol–water partition coefficient (Wildman–Crippen LogP) is 1.38. The van der Waals surface area contributed by atoms with Crippen molar-refractivity contribution < 1.29 is 13.9 Å². The molecule has 1 aliphatic rings. The van der Waals surface area contributed by atoms with E-state index in [0.717, 1.165) is 19.6 Å². The summed E-state index contributed by atoms with van der Waals surface area (Å²) < 4.78 is 24.9. The fourth-order valence-corrected chi connectivity index (χ4v) is 2.22. The summed E-state index contributed by atoms with van der Waals surface area (Å²) in [6, 6.07) is 4.80. The maximum absolute atomic E-state index is 13.7. The standard InChI is InChI=1S/C14H21FN2O2/c1-2-17-6-7-18-12(9-17)10-19-14-11(8-16)4-3-5-13(14)15/h3-5,12H,2,6-10,16H2,1H3. The van der Waals surface area contributed by atoms with Crippen LogP contribution in [0.1, 0.15) is 12.5 Å². The fraction of sp³-hybridized carbons (Fsp3) is 0.571. The zero-order valence-corrected chi connectivity index (χ0v) is 11.3. The maximum atomic E-state index is 13.7. The summed E-state index contributed by atoms with van der Waals surface area (Å²) in [5.74, 6) is -0.117. The zero-order chi connectivity index (χ0) is 13.7. The molecular formula is C14H21FN2O2. The summed E-state index contributed by atoms with van der Waals surface area (Å²) in [6.45, 7) is 6.19. The predicted molar refractivity (Wildman–Crippen MR) is 71.6 cm³/mol. The molecule has 1 fully saturated rings. The lowest BCUT2D eigenvalue weighted by atomic mass is 10.2. The topological polar surface area (TPSA) is 47.7 Å². The molecule has 1 saturated heterocycles. The number of para-hydroxylation sites is 1. The molecule has 0 radical (unpaired) electrons. The van der Waals surface area contributed by atoms with E-state index in [2.05, 4.69) is 11.8 Å². The molecular weight excluding hydrogens is 247 g/mol. The van der Waals surface area contributed by atoms with Gasteiger partial charge in [-0.2, -0.15) is 0 Å². The molecule has 2 N–H and O–H groups in total. The largest absolute Gasteiger partial charge is 0.487 e. The minimum absolute atomic E-state index is 0.0149. The van der Waals surface area contributed by atoms with Crippen LogP contribution in [0.5, 0.6) is 5.75 Å². The highest BCUT2D eigenvalue weighted by atomic mass is 19.1. The Morgan fingerprint density at radius 2 is 2.37 bits per heavy atom. The Bertz CT molecular complexity index is 414. The lowest BCUT2D eigenvalue weighted by molar-refractivity contribution is -0.0469. The maximum Gasteiger partial charge on any atom is 0.165 e. The molecule has 0 amide bonds. The average Bonchev–Trinajstić information content (AvgIpc) is 2.46. The Morgan fingerprint density at radius 3 is 3.11 bits per heavy atom. The van der Waals surface area contributed by atoms with Gasteiger partial charge in [0, 0.05) is 25.2 Å². The van der Waals surface area contributed by atoms with E-state index in [4.69, 9.17) is 15.2 Å². The van der Waals surface area contributed by atoms with Gasteiger partial charge in [-0.05, 0) is 12.6 Å². The Hall–Kier alpha value is -1.17. The van der Waals surface area contributed by atoms with Crippen molar-refractivity contribution in [1.82, 2.24) is 4.90 Å². The van der Waals surface area contributed by atoms with Crippen LogP contribution in [0.3, 0.4) is 0 Å². The molecule has 1 unspecified atom stereocenters. The van der Waals surface area contributed by atoms with Gasteiger partial charge >= 0.3 is 0 Å². The summed E-state index contributed by atoms with van der Waals surface area (Å²) in [7, 11) is 0. The fourth-order valence-electron chi connectivity index (χ4n) is 2.22. The van der Waals surface area contributed by atoms with Gasteiger partial charge in [0.15, 0.2) is 11.6 Å². The second-order valence-electron chi connectivity index (χ2n) is 4.63. The summed E-state index contributed by atoms with van der Waals surface area (Å²) >= 11 is 0. The third-order valence-corrected chi connectivity index (χ3v) is 3.35. The number of morpholine rings is 1. The summed E-state index contributed by atoms with van der Waals surface area (Å²) in [4.78, 5) is 2.29. The number of ether oxygens (including phenoxy) is 2. The average molecular weight is 268 g/mol. The molecule has 0 saturated carbocycles. The molecule has 1 aromatic rings. The first-order valence-corrected chi connectivity index (χ1v) is 6.68. The van der Waals surface area contributed by atoms with Crippen molar-refractivity contribution >= 4 is 0 Å². The van der Waals surface area contributed by atoms with Crippen molar-refractivity contribution in [2.75, 3.05) is 32.8 Å². The van der Waals surface area contributed by atoms with E-state index in [1.807, 2.05) is 0 Å². The third kappa shape index (κ3) is 3.65. The Labute approximate surface area is 113 Å². The second-order valence-corrected chi connectivity index (χ2v) is 4.63. The molecule has 0 aliphatic carbocycles. The molecule has 19 heavy (non-hydrogen) atoms. The van der Waals surface area contributed by atoms with E-state index in [0.29, 0.717) is 18.8 Å². The Kier molecular flexibility index (Phi) is 5.13. The van der Waals surface area contributed by atoms with E-state index < -0.39 is 0 Å². The molecule has 0 spiro atoms. The van der Waals surface area contributed by atoms with Crippen molar-refractivity contribution in [2.45, 2.75) is 19.6 Å². The molecule has 1 aromatic carbocycles. The zero-order valence-electron chi connectivity index (χ0n) is 11.3. The van der Waals surface area contributed by atoms with Crippen molar-refractivity contribution in [3.63, 3.8) is 0 Å². The van der Waals surface area contributed by atoms with Crippen molar-refractivity contribution in [2.24, 2.45) is 5.73 Å². The molecule has 106 valence electrons. The van der Waals surface area contributed by atoms with Gasteiger partial charge in [0.2, 0.25) is 0 Å². The first-order chi connectivity index (χ1) is 9.24. The van der Waals surface area contributed by atoms with Gasteiger partial charge in [-0.25, -0.2) is 4.39 Å². The first kappa shape index (κ1) is 14.2. The van der Waals surface area contributed by atoms with Gasteiger partial charge < -0.3 is 15.2 Å². The van der Waals surface area contributed by atoms with Crippen molar-refractivity contribution in [3.8, 4) is 5.75 Å². The minimum atomic E-state index is -0.369. The van der Waals surface area contributed by atoms with Crippen LogP contribution in [0.15, 0.2) is 18.2 Å². The summed E-state index contributed by atoms with van der Waals surface area (Å²) in [5, 5.41) is 0. The highest BCUT2D eigenvalue weighted by Crippen LogP contribution is 2.22. The molecule has 4 nitrogen and oxygen atoms in total. The monoisotopic (exact) mass is 268 g/mol. The Morgan fingerprint density at radius 1 is 1.53 bits per heavy atom. The summed E-state index contributed by atoms with van der Waals surface area (Å²) in [6.07, 6.45) is -0.0149. The molecule has 1 aliphatic heterocycles. The van der Waals surface area contributed by atoms with Gasteiger partial charge in [0.1, 0.15) is 12.7 Å². The SMILES string of the molecule is CCN1CCOC(COc2c(F)cccc2CN)C1. The smallest absolute Gasteiger partial charge is 0.165 e. The van der Waals surface area contributed by atoms with Crippen LogP contribution in [0.4, 0.5) is 4.39 Å². The minimum Gasteiger partial charge on any atom is -0.487 e. The number of rotatable bonds is 5. The lowest BCUT2D eigenvalue weighted by Crippen LogP contribution is -2.44. The van der Waals surface area contributed by atoms with E-state index in [1.54, 1.807) is 12.1 Å². The van der Waals surface area contributed by atoms with Crippen LogP contribution >= 0.6 is 0 Å². The number of hydrogen-bond acceptors (Lipinski definition) is 4. The molecule has 0 aromatic heterocycles. The number of nitrogens with zero attached hydrogens (tertiary/aromatic N) is 1. The van der Waals surface area contributed by atoms with Gasteiger partial charge in [0.25, 0.3) is 0 Å². The van der Waals surface area contributed by atoms with E-state index in [9.17, 15) is 4.39 Å². The quantitative estimate of drug-likeness (QED) is 0.876. The first-order valence-electron chi connectivity index (χ1n) is 6.68. The van der Waals surface area contributed by atoms with Crippen LogP contribution < -0.4 is 10.5 Å². The van der Waals surface area contributed by atoms with E-state index >= 15 is 0 Å². The Balaban J connectivity index is 1.95. The molecule has 1 heterocycles. The van der Waals surface area contributed by atoms with Crippen LogP contribution in [0.25, 0.3) is 0 Å². The number of halogens is 1. The molecule has 0 bridgehead atoms. The van der Waals surface area contributed by atoms with Crippen LogP contribution in [0.2, 0.25) is 0 Å². The van der Waals surface area contributed by atoms with Crippen molar-refractivity contribution in [3.05, 3.63) is 29.6 Å². The highest BCUT2D eigenvalue weighted by Gasteiger charge is 2.20. The number of likely N-dealkylation sites (N-methyl/N-ethyl adjacent to an activating group) is 1. The van der Waals surface area contributed by atoms with Gasteiger partial charge in [-0.3, -0.25) is 4.90 Å². The van der Waals surface area contributed by atoms with Gasteiger partial charge in [0.05, 0.1) is 6.61 Å². The normalized spacial score (nSPS) is 20.5. The lowest BCUT2D eigenvalue weighted by Gasteiger charge is -2.32. The summed E-state index contributed by atoms with van der Waals surface area (Å²) in [5.41, 5.74) is 6.27. The number of benzene rings is 1. The second kappa shape index (κ2) is 6.84. The van der Waals surface area contributed by atoms with Gasteiger partial charge in [-0.15, -0.1) is 0 Å². The van der Waals surface area contributed by atoms with E-state index in [1.165, 1.54) is 6.07 Å². The number of hydrogen-bond donors (Lipinski definition) is 1. The van der Waals surface area contributed by atoms with Crippen LogP contribution in [-0.4, -0.2) is 43.9 Å². The van der Waals surface area contributed by atoms with Gasteiger partial charge in [-0.1, -0.05) is 19.1 Å². The van der Waals surface area contributed by atoms with E-state index in [-0.39, 0.29) is 24.2 Å². The molecule has 1 atom stereocenters. The van der Waals surface area contributed by atoms with Crippen molar-refractivity contribution in [1.29, 1.82) is 0 Å². The third-order valence-electron chi connectivity index (χ3n) is 3.35. The van der Waals surface area contributed by atoms with Crippen LogP contribution in [0, 0.1) is 5.82 Å². The molecule has 2 rings (SSSR count).